The maximum Gasteiger partial charge on any atom is 0.251 e. The molecule has 2 nitrogen and oxygen atoms in total. The first kappa shape index (κ1) is 28.5. The van der Waals surface area contributed by atoms with Crippen molar-refractivity contribution in [2.45, 2.75) is 66.2 Å². The van der Waals surface area contributed by atoms with E-state index in [0.717, 1.165) is 0 Å². The number of benzene rings is 5. The van der Waals surface area contributed by atoms with E-state index in [9.17, 15) is 0 Å². The molecule has 9 rings (SSSR count). The Morgan fingerprint density at radius 2 is 1.13 bits per heavy atom. The van der Waals surface area contributed by atoms with Crippen molar-refractivity contribution in [3.8, 4) is 39.3 Å². The van der Waals surface area contributed by atoms with Crippen LogP contribution in [0.2, 0.25) is 0 Å². The second-order valence-electron chi connectivity index (χ2n) is 15.9. The predicted molar refractivity (Wildman–Crippen MR) is 202 cm³/mol. The van der Waals surface area contributed by atoms with E-state index in [4.69, 9.17) is 0 Å². The van der Waals surface area contributed by atoms with Crippen molar-refractivity contribution in [2.75, 3.05) is 0 Å². The number of nitrogens with zero attached hydrogens (tertiary/aromatic N) is 2. The Morgan fingerprint density at radius 1 is 0.553 bits per heavy atom. The zero-order chi connectivity index (χ0) is 32.6. The lowest BCUT2D eigenvalue weighted by molar-refractivity contribution is 0.590. The van der Waals surface area contributed by atoms with Gasteiger partial charge in [0.2, 0.25) is 0 Å². The Hall–Kier alpha value is -4.76. The highest BCUT2D eigenvalue weighted by Gasteiger charge is 2.46. The van der Waals surface area contributed by atoms with Crippen LogP contribution in [0.4, 0.5) is 0 Å². The van der Waals surface area contributed by atoms with Crippen molar-refractivity contribution < 1.29 is 0 Å². The van der Waals surface area contributed by atoms with Crippen molar-refractivity contribution in [2.24, 2.45) is 0 Å². The highest BCUT2D eigenvalue weighted by molar-refractivity contribution is 7.02. The summed E-state index contributed by atoms with van der Waals surface area (Å²) in [5.41, 5.74) is 20.3. The molecule has 0 N–H and O–H groups in total. The lowest BCUT2D eigenvalue weighted by Gasteiger charge is -2.28. The van der Waals surface area contributed by atoms with Gasteiger partial charge < -0.3 is 0 Å². The smallest absolute Gasteiger partial charge is 0.251 e. The largest absolute Gasteiger partial charge is 0.298 e. The molecule has 2 aliphatic rings. The SMILES string of the molecule is Cc1c2c3n(c(-c4ccccc4)c(-c4ccccc4)n3c1C)-c1cc(C(C)(C)C)cc3c1B2c1c-3cc(C(C)(C)C)c2ccccc12. The Bertz CT molecular complexity index is 2430. The van der Waals surface area contributed by atoms with E-state index >= 15 is 0 Å². The average molecular weight is 609 g/mol. The van der Waals surface area contributed by atoms with E-state index in [1.165, 1.54) is 94.5 Å². The molecular weight excluding hydrogens is 567 g/mol. The van der Waals surface area contributed by atoms with Gasteiger partial charge in [-0.2, -0.15) is 0 Å². The maximum atomic E-state index is 2.64. The summed E-state index contributed by atoms with van der Waals surface area (Å²) in [5.74, 6) is 0. The molecule has 7 aromatic rings. The van der Waals surface area contributed by atoms with Gasteiger partial charge >= 0.3 is 0 Å². The molecule has 0 spiro atoms. The standard InChI is InChI=1S/C44H41BN2/c1-26-27(2)46-40(28-17-11-9-12-18-28)41(29-19-13-10-14-20-29)47-36-24-30(43(3,4)5)23-33-34-25-35(44(6,7)8)31-21-15-16-22-32(31)38(34)45(39(33)36)37(26)42(46)47/h9-25H,1-8H3. The first-order valence-electron chi connectivity index (χ1n) is 17.1. The van der Waals surface area contributed by atoms with Crippen LogP contribution in [-0.2, 0) is 10.8 Å². The molecular formula is C44H41BN2. The van der Waals surface area contributed by atoms with Gasteiger partial charge in [-0.05, 0) is 80.3 Å². The Labute approximate surface area is 278 Å². The molecule has 0 atom stereocenters. The summed E-state index contributed by atoms with van der Waals surface area (Å²) in [6.45, 7) is 19.0. The van der Waals surface area contributed by atoms with Crippen LogP contribution >= 0.6 is 0 Å². The molecule has 0 saturated heterocycles. The molecule has 0 bridgehead atoms. The summed E-state index contributed by atoms with van der Waals surface area (Å²) < 4.78 is 5.22. The molecule has 0 amide bonds. The van der Waals surface area contributed by atoms with Gasteiger partial charge in [0.15, 0.2) is 0 Å². The van der Waals surface area contributed by atoms with Gasteiger partial charge in [0, 0.05) is 22.5 Å². The molecule has 0 radical (unpaired) electrons. The Morgan fingerprint density at radius 3 is 1.74 bits per heavy atom. The predicted octanol–water partition coefficient (Wildman–Crippen LogP) is 9.24. The summed E-state index contributed by atoms with van der Waals surface area (Å²) in [5, 5.41) is 2.77. The number of hydrogen-bond acceptors (Lipinski definition) is 0. The zero-order valence-electron chi connectivity index (χ0n) is 28.8. The lowest BCUT2D eigenvalue weighted by Crippen LogP contribution is -2.54. The van der Waals surface area contributed by atoms with Gasteiger partial charge in [0.25, 0.3) is 6.71 Å². The summed E-state index contributed by atoms with van der Waals surface area (Å²) in [6.07, 6.45) is 0. The van der Waals surface area contributed by atoms with Crippen LogP contribution in [0.3, 0.4) is 0 Å². The van der Waals surface area contributed by atoms with Gasteiger partial charge in [-0.15, -0.1) is 0 Å². The summed E-state index contributed by atoms with van der Waals surface area (Å²) in [4.78, 5) is 0. The minimum Gasteiger partial charge on any atom is -0.298 e. The van der Waals surface area contributed by atoms with Crippen molar-refractivity contribution >= 4 is 39.5 Å². The summed E-state index contributed by atoms with van der Waals surface area (Å²) in [7, 11) is 0. The molecule has 0 fully saturated rings. The number of fused-ring (bicyclic) bond motifs is 7. The first-order valence-corrected chi connectivity index (χ1v) is 17.1. The molecule has 4 heterocycles. The van der Waals surface area contributed by atoms with Gasteiger partial charge in [0.1, 0.15) is 5.65 Å². The minimum atomic E-state index is -0.0137. The Balaban J connectivity index is 1.53. The maximum absolute atomic E-state index is 2.64. The zero-order valence-corrected chi connectivity index (χ0v) is 28.8. The van der Waals surface area contributed by atoms with Crippen LogP contribution < -0.4 is 16.4 Å². The fraction of sp³-hybridized carbons (Fsp3) is 0.227. The molecule has 0 saturated carbocycles. The molecule has 5 aromatic carbocycles. The quantitative estimate of drug-likeness (QED) is 0.173. The second-order valence-corrected chi connectivity index (χ2v) is 15.9. The molecule has 230 valence electrons. The van der Waals surface area contributed by atoms with Crippen LogP contribution in [0.15, 0.2) is 103 Å². The van der Waals surface area contributed by atoms with E-state index < -0.39 is 0 Å². The number of imidazole rings is 1. The highest BCUT2D eigenvalue weighted by atomic mass is 15.2. The summed E-state index contributed by atoms with van der Waals surface area (Å²) in [6, 6.07) is 38.8. The number of aryl methyl sites for hydroxylation is 1. The van der Waals surface area contributed by atoms with Crippen LogP contribution in [0.25, 0.3) is 55.7 Å². The highest BCUT2D eigenvalue weighted by Crippen LogP contribution is 2.45. The normalized spacial score (nSPS) is 13.5. The molecule has 3 heteroatoms. The van der Waals surface area contributed by atoms with Crippen molar-refractivity contribution in [1.82, 2.24) is 8.97 Å². The number of aromatic nitrogens is 2. The van der Waals surface area contributed by atoms with E-state index in [1.807, 2.05) is 0 Å². The van der Waals surface area contributed by atoms with E-state index in [0.29, 0.717) is 0 Å². The van der Waals surface area contributed by atoms with Gasteiger partial charge in [-0.1, -0.05) is 144 Å². The first-order chi connectivity index (χ1) is 22.5. The van der Waals surface area contributed by atoms with Crippen molar-refractivity contribution in [3.05, 3.63) is 126 Å². The van der Waals surface area contributed by atoms with Gasteiger partial charge in [-0.3, -0.25) is 8.97 Å². The molecule has 0 aliphatic carbocycles. The van der Waals surface area contributed by atoms with E-state index in [1.54, 1.807) is 0 Å². The molecule has 2 aromatic heterocycles. The van der Waals surface area contributed by atoms with Crippen LogP contribution in [0, 0.1) is 13.8 Å². The molecule has 2 aliphatic heterocycles. The Kier molecular flexibility index (Phi) is 5.70. The fourth-order valence-corrected chi connectivity index (χ4v) is 8.69. The monoisotopic (exact) mass is 608 g/mol. The van der Waals surface area contributed by atoms with Gasteiger partial charge in [0.05, 0.1) is 11.4 Å². The fourth-order valence-electron chi connectivity index (χ4n) is 8.69. The van der Waals surface area contributed by atoms with Crippen molar-refractivity contribution in [1.29, 1.82) is 0 Å². The van der Waals surface area contributed by atoms with Crippen molar-refractivity contribution in [3.63, 3.8) is 0 Å². The molecule has 47 heavy (non-hydrogen) atoms. The third-order valence-electron chi connectivity index (χ3n) is 11.0. The van der Waals surface area contributed by atoms with Gasteiger partial charge in [-0.25, -0.2) is 0 Å². The minimum absolute atomic E-state index is 0.0137. The number of rotatable bonds is 2. The lowest BCUT2D eigenvalue weighted by atomic mass is 9.36. The third kappa shape index (κ3) is 3.74. The van der Waals surface area contributed by atoms with E-state index in [-0.39, 0.29) is 17.5 Å². The van der Waals surface area contributed by atoms with E-state index in [2.05, 4.69) is 167 Å². The van der Waals surface area contributed by atoms with Crippen LogP contribution in [0.5, 0.6) is 0 Å². The third-order valence-corrected chi connectivity index (χ3v) is 11.0. The van der Waals surface area contributed by atoms with Crippen LogP contribution in [-0.4, -0.2) is 15.7 Å². The summed E-state index contributed by atoms with van der Waals surface area (Å²) >= 11 is 0. The topological polar surface area (TPSA) is 9.34 Å². The second kappa shape index (κ2) is 9.41. The average Bonchev–Trinajstić information content (AvgIpc) is 3.67. The number of hydrogen-bond donors (Lipinski definition) is 0. The molecule has 0 unspecified atom stereocenters. The van der Waals surface area contributed by atoms with Crippen LogP contribution in [0.1, 0.15) is 63.9 Å².